The number of aryl methyl sites for hydroxylation is 1. The van der Waals surface area contributed by atoms with Crippen LogP contribution in [0.2, 0.25) is 0 Å². The minimum Gasteiger partial charge on any atom is -0.462 e. The Labute approximate surface area is 157 Å². The molecule has 3 aromatic heterocycles. The van der Waals surface area contributed by atoms with Crippen LogP contribution in [0.3, 0.4) is 0 Å². The molecule has 1 aliphatic heterocycles. The van der Waals surface area contributed by atoms with Crippen molar-refractivity contribution in [3.63, 3.8) is 0 Å². The molecule has 3 aromatic rings. The van der Waals surface area contributed by atoms with E-state index in [4.69, 9.17) is 4.42 Å². The quantitative estimate of drug-likeness (QED) is 0.676. The number of hydrogen-bond acceptors (Lipinski definition) is 7. The molecule has 1 N–H and O–H groups in total. The Hall–Kier alpha value is -2.39. The van der Waals surface area contributed by atoms with Crippen LogP contribution in [0.4, 0.5) is 0 Å². The van der Waals surface area contributed by atoms with E-state index in [1.807, 2.05) is 19.1 Å². The Kier molecular flexibility index (Phi) is 4.64. The molecule has 0 spiro atoms. The molecular weight excluding hydrogens is 372 g/mol. The van der Waals surface area contributed by atoms with E-state index >= 15 is 0 Å². The Morgan fingerprint density at radius 1 is 1.46 bits per heavy atom. The van der Waals surface area contributed by atoms with Gasteiger partial charge in [-0.3, -0.25) is 14.2 Å². The van der Waals surface area contributed by atoms with Gasteiger partial charge in [0.15, 0.2) is 15.9 Å². The highest BCUT2D eigenvalue weighted by atomic mass is 32.2. The van der Waals surface area contributed by atoms with Gasteiger partial charge in [0.1, 0.15) is 0 Å². The van der Waals surface area contributed by atoms with Crippen molar-refractivity contribution < 1.29 is 9.21 Å². The van der Waals surface area contributed by atoms with Gasteiger partial charge in [-0.1, -0.05) is 11.8 Å². The van der Waals surface area contributed by atoms with E-state index in [9.17, 15) is 9.59 Å². The highest BCUT2D eigenvalue weighted by Crippen LogP contribution is 2.31. The minimum atomic E-state index is -0.155. The number of carbonyl (C=O) groups is 1. The van der Waals surface area contributed by atoms with Crippen LogP contribution in [-0.4, -0.2) is 26.2 Å². The highest BCUT2D eigenvalue weighted by molar-refractivity contribution is 7.99. The lowest BCUT2D eigenvalue weighted by atomic mass is 10.2. The lowest BCUT2D eigenvalue weighted by Crippen LogP contribution is -2.30. The van der Waals surface area contributed by atoms with Crippen LogP contribution in [0.5, 0.6) is 0 Å². The first kappa shape index (κ1) is 17.0. The zero-order valence-corrected chi connectivity index (χ0v) is 15.6. The standard InChI is InChI=1S/C17H16N4O3S2/c1-10-13(26-16(20-10)12-3-2-6-24-12)8-19-14(22)7-11-9-25-17-18-5-4-15(23)21(11)17/h2-6,11H,7-9H2,1H3,(H,19,22). The molecule has 26 heavy (non-hydrogen) atoms. The maximum atomic E-state index is 12.3. The zero-order chi connectivity index (χ0) is 18.1. The van der Waals surface area contributed by atoms with Crippen LogP contribution < -0.4 is 10.9 Å². The second-order valence-corrected chi connectivity index (χ2v) is 7.96. The van der Waals surface area contributed by atoms with Gasteiger partial charge in [-0.2, -0.15) is 0 Å². The third-order valence-corrected chi connectivity index (χ3v) is 6.39. The number of hydrogen-bond donors (Lipinski definition) is 1. The van der Waals surface area contributed by atoms with Crippen molar-refractivity contribution in [1.29, 1.82) is 0 Å². The lowest BCUT2D eigenvalue weighted by molar-refractivity contribution is -0.121. The fourth-order valence-corrected chi connectivity index (χ4v) is 4.90. The van der Waals surface area contributed by atoms with E-state index in [1.54, 1.807) is 10.8 Å². The van der Waals surface area contributed by atoms with Crippen molar-refractivity contribution in [1.82, 2.24) is 19.9 Å². The van der Waals surface area contributed by atoms with Gasteiger partial charge in [0, 0.05) is 29.3 Å². The Bertz CT molecular complexity index is 994. The average molecular weight is 388 g/mol. The average Bonchev–Trinajstić information content (AvgIpc) is 3.34. The van der Waals surface area contributed by atoms with Crippen molar-refractivity contribution in [3.05, 3.63) is 51.6 Å². The van der Waals surface area contributed by atoms with Gasteiger partial charge in [-0.05, 0) is 19.1 Å². The Balaban J connectivity index is 1.39. The Morgan fingerprint density at radius 3 is 3.15 bits per heavy atom. The predicted octanol–water partition coefficient (Wildman–Crippen LogP) is 2.62. The number of amides is 1. The third kappa shape index (κ3) is 3.32. The summed E-state index contributed by atoms with van der Waals surface area (Å²) in [5.74, 6) is 1.32. The highest BCUT2D eigenvalue weighted by Gasteiger charge is 2.26. The van der Waals surface area contributed by atoms with E-state index in [1.165, 1.54) is 35.4 Å². The van der Waals surface area contributed by atoms with Gasteiger partial charge >= 0.3 is 0 Å². The molecule has 0 radical (unpaired) electrons. The number of furan rings is 1. The largest absolute Gasteiger partial charge is 0.462 e. The molecule has 0 fully saturated rings. The zero-order valence-electron chi connectivity index (χ0n) is 14.0. The summed E-state index contributed by atoms with van der Waals surface area (Å²) in [5, 5.41) is 4.41. The molecule has 0 aromatic carbocycles. The maximum Gasteiger partial charge on any atom is 0.254 e. The number of thioether (sulfide) groups is 1. The molecule has 0 bridgehead atoms. The summed E-state index contributed by atoms with van der Waals surface area (Å²) in [4.78, 5) is 34.0. The predicted molar refractivity (Wildman–Crippen MR) is 99.3 cm³/mol. The maximum absolute atomic E-state index is 12.3. The normalized spacial score (nSPS) is 15.8. The molecule has 4 rings (SSSR count). The summed E-state index contributed by atoms with van der Waals surface area (Å²) in [6, 6.07) is 4.96. The van der Waals surface area contributed by atoms with Gasteiger partial charge < -0.3 is 9.73 Å². The van der Waals surface area contributed by atoms with Crippen LogP contribution in [0.1, 0.15) is 23.0 Å². The molecule has 7 nitrogen and oxygen atoms in total. The topological polar surface area (TPSA) is 90.0 Å². The minimum absolute atomic E-state index is 0.0912. The summed E-state index contributed by atoms with van der Waals surface area (Å²) in [6.07, 6.45) is 3.38. The first-order valence-electron chi connectivity index (χ1n) is 8.09. The van der Waals surface area contributed by atoms with Gasteiger partial charge in [-0.25, -0.2) is 9.97 Å². The van der Waals surface area contributed by atoms with Gasteiger partial charge in [-0.15, -0.1) is 11.3 Å². The second-order valence-electron chi connectivity index (χ2n) is 5.89. The second kappa shape index (κ2) is 7.08. The van der Waals surface area contributed by atoms with Crippen molar-refractivity contribution in [3.8, 4) is 10.8 Å². The van der Waals surface area contributed by atoms with Crippen molar-refractivity contribution in [2.24, 2.45) is 0 Å². The van der Waals surface area contributed by atoms with E-state index < -0.39 is 0 Å². The van der Waals surface area contributed by atoms with Gasteiger partial charge in [0.25, 0.3) is 5.56 Å². The monoisotopic (exact) mass is 388 g/mol. The van der Waals surface area contributed by atoms with Crippen molar-refractivity contribution in [2.45, 2.75) is 31.1 Å². The molecule has 1 unspecified atom stereocenters. The molecule has 4 heterocycles. The van der Waals surface area contributed by atoms with Crippen LogP contribution in [0, 0.1) is 6.92 Å². The SMILES string of the molecule is Cc1nc(-c2ccco2)sc1CNC(=O)CC1CSc2nccc(=O)n21. The first-order chi connectivity index (χ1) is 12.6. The van der Waals surface area contributed by atoms with Crippen LogP contribution in [0.25, 0.3) is 10.8 Å². The fourth-order valence-electron chi connectivity index (χ4n) is 2.80. The summed E-state index contributed by atoms with van der Waals surface area (Å²) in [7, 11) is 0. The number of nitrogens with one attached hydrogen (secondary N) is 1. The van der Waals surface area contributed by atoms with E-state index in [0.717, 1.165) is 21.3 Å². The smallest absolute Gasteiger partial charge is 0.254 e. The molecule has 1 atom stereocenters. The first-order valence-corrected chi connectivity index (χ1v) is 9.89. The number of thiazole rings is 1. The lowest BCUT2D eigenvalue weighted by Gasteiger charge is -2.12. The summed E-state index contributed by atoms with van der Waals surface area (Å²) < 4.78 is 6.97. The fraction of sp³-hybridized carbons (Fsp3) is 0.294. The van der Waals surface area contributed by atoms with Gasteiger partial charge in [0.2, 0.25) is 5.91 Å². The van der Waals surface area contributed by atoms with Crippen LogP contribution in [-0.2, 0) is 11.3 Å². The molecule has 0 aliphatic carbocycles. The molecule has 9 heteroatoms. The molecule has 134 valence electrons. The molecule has 0 saturated carbocycles. The molecule has 0 saturated heterocycles. The molecule has 1 amide bonds. The van der Waals surface area contributed by atoms with Gasteiger partial charge in [0.05, 0.1) is 24.5 Å². The third-order valence-electron chi connectivity index (χ3n) is 4.11. The summed E-state index contributed by atoms with van der Waals surface area (Å²) in [5.41, 5.74) is 0.767. The molecular formula is C17H16N4O3S2. The summed E-state index contributed by atoms with van der Waals surface area (Å²) in [6.45, 7) is 2.33. The number of aromatic nitrogens is 3. The number of carbonyl (C=O) groups excluding carboxylic acids is 1. The van der Waals surface area contributed by atoms with E-state index in [2.05, 4.69) is 15.3 Å². The van der Waals surface area contributed by atoms with Crippen LogP contribution in [0.15, 0.2) is 45.0 Å². The van der Waals surface area contributed by atoms with E-state index in [0.29, 0.717) is 17.5 Å². The number of nitrogens with zero attached hydrogens (tertiary/aromatic N) is 3. The number of rotatable bonds is 5. The Morgan fingerprint density at radius 2 is 2.35 bits per heavy atom. The van der Waals surface area contributed by atoms with Crippen molar-refractivity contribution >= 4 is 29.0 Å². The number of fused-ring (bicyclic) bond motifs is 1. The van der Waals surface area contributed by atoms with E-state index in [-0.39, 0.29) is 23.9 Å². The van der Waals surface area contributed by atoms with Crippen LogP contribution >= 0.6 is 23.1 Å². The molecule has 1 aliphatic rings. The van der Waals surface area contributed by atoms with Crippen molar-refractivity contribution in [2.75, 3.05) is 5.75 Å². The summed E-state index contributed by atoms with van der Waals surface area (Å²) >= 11 is 3.01.